The summed E-state index contributed by atoms with van der Waals surface area (Å²) in [6.45, 7) is 5.73. The molecule has 0 aliphatic carbocycles. The van der Waals surface area contributed by atoms with Crippen molar-refractivity contribution in [3.05, 3.63) is 105 Å². The summed E-state index contributed by atoms with van der Waals surface area (Å²) in [5.41, 5.74) is -1.07. The maximum atomic E-state index is 13.2. The molecule has 3 aromatic rings. The summed E-state index contributed by atoms with van der Waals surface area (Å²) in [6.07, 6.45) is 0.289. The number of hydrogen-bond acceptors (Lipinski definition) is 7. The zero-order valence-electron chi connectivity index (χ0n) is 22.1. The molecule has 2 atom stereocenters. The summed E-state index contributed by atoms with van der Waals surface area (Å²) in [7, 11) is 0. The van der Waals surface area contributed by atoms with Crippen molar-refractivity contribution >= 4 is 18.0 Å². The Morgan fingerprint density at radius 1 is 0.923 bits per heavy atom. The molecule has 1 saturated heterocycles. The van der Waals surface area contributed by atoms with E-state index in [1.54, 1.807) is 18.2 Å². The van der Waals surface area contributed by atoms with Crippen LogP contribution in [0.25, 0.3) is 0 Å². The van der Waals surface area contributed by atoms with E-state index >= 15 is 0 Å². The molecule has 2 heterocycles. The fourth-order valence-electron chi connectivity index (χ4n) is 4.43. The second kappa shape index (κ2) is 11.5. The van der Waals surface area contributed by atoms with Gasteiger partial charge in [0.25, 0.3) is 11.5 Å². The number of amides is 1. The first-order chi connectivity index (χ1) is 18.6. The lowest BCUT2D eigenvalue weighted by Crippen LogP contribution is -2.48. The standard InChI is InChI=1S/C29H31N3O7/c1-29(2,3)26-31(28(37)38-19-20-11-6-4-7-12-20)22(25(35)39-26)15-10-17-30-18-16-23(33)32(27(30)36)24(34)21-13-8-5-9-14-21/h4-9,11-14,16,18,22,26H,10,15,17,19H2,1-3H3/t22-,26-/m0/s1. The van der Waals surface area contributed by atoms with E-state index in [9.17, 15) is 24.0 Å². The Balaban J connectivity index is 1.49. The minimum absolute atomic E-state index is 0.0420. The van der Waals surface area contributed by atoms with Gasteiger partial charge in [0.15, 0.2) is 6.23 Å². The minimum atomic E-state index is -0.912. The summed E-state index contributed by atoms with van der Waals surface area (Å²) >= 11 is 0. The number of aromatic nitrogens is 2. The Bertz CT molecular complexity index is 1460. The quantitative estimate of drug-likeness (QED) is 0.427. The lowest BCUT2D eigenvalue weighted by atomic mass is 9.93. The van der Waals surface area contributed by atoms with Crippen molar-refractivity contribution < 1.29 is 23.9 Å². The second-order valence-corrected chi connectivity index (χ2v) is 10.4. The van der Waals surface area contributed by atoms with Crippen LogP contribution in [0.2, 0.25) is 0 Å². The van der Waals surface area contributed by atoms with Gasteiger partial charge in [0.2, 0.25) is 0 Å². The van der Waals surface area contributed by atoms with E-state index in [2.05, 4.69) is 0 Å². The number of rotatable bonds is 7. The van der Waals surface area contributed by atoms with Crippen LogP contribution in [0, 0.1) is 5.41 Å². The third-order valence-electron chi connectivity index (χ3n) is 6.40. The van der Waals surface area contributed by atoms with Crippen molar-refractivity contribution in [1.82, 2.24) is 14.0 Å². The molecule has 0 N–H and O–H groups in total. The van der Waals surface area contributed by atoms with Gasteiger partial charge in [-0.15, -0.1) is 0 Å². The molecular weight excluding hydrogens is 502 g/mol. The Labute approximate surface area is 225 Å². The lowest BCUT2D eigenvalue weighted by Gasteiger charge is -2.33. The van der Waals surface area contributed by atoms with E-state index in [1.807, 2.05) is 51.1 Å². The van der Waals surface area contributed by atoms with Crippen molar-refractivity contribution in [2.45, 2.75) is 59.0 Å². The Morgan fingerprint density at radius 3 is 2.21 bits per heavy atom. The van der Waals surface area contributed by atoms with Gasteiger partial charge in [0.05, 0.1) is 0 Å². The Kier molecular flexibility index (Phi) is 8.13. The highest BCUT2D eigenvalue weighted by Gasteiger charge is 2.50. The molecular formula is C29H31N3O7. The summed E-state index contributed by atoms with van der Waals surface area (Å²) in [4.78, 5) is 65.5. The van der Waals surface area contributed by atoms with Gasteiger partial charge in [0.1, 0.15) is 12.6 Å². The average molecular weight is 534 g/mol. The van der Waals surface area contributed by atoms with E-state index in [4.69, 9.17) is 9.47 Å². The van der Waals surface area contributed by atoms with Crippen LogP contribution in [0.5, 0.6) is 0 Å². The largest absolute Gasteiger partial charge is 0.444 e. The van der Waals surface area contributed by atoms with Crippen molar-refractivity contribution in [2.75, 3.05) is 0 Å². The van der Waals surface area contributed by atoms with E-state index in [1.165, 1.54) is 27.8 Å². The first-order valence-corrected chi connectivity index (χ1v) is 12.7. The molecule has 1 amide bonds. The van der Waals surface area contributed by atoms with Crippen LogP contribution < -0.4 is 11.2 Å². The van der Waals surface area contributed by atoms with Crippen LogP contribution in [0.1, 0.15) is 49.5 Å². The fraction of sp³-hybridized carbons (Fsp3) is 0.345. The monoisotopic (exact) mass is 533 g/mol. The topological polar surface area (TPSA) is 117 Å². The van der Waals surface area contributed by atoms with Gasteiger partial charge in [0, 0.05) is 29.8 Å². The predicted octanol–water partition coefficient (Wildman–Crippen LogP) is 3.42. The molecule has 204 valence electrons. The van der Waals surface area contributed by atoms with Crippen LogP contribution in [0.4, 0.5) is 4.79 Å². The molecule has 0 radical (unpaired) electrons. The van der Waals surface area contributed by atoms with E-state index in [0.29, 0.717) is 4.57 Å². The van der Waals surface area contributed by atoms with Crippen LogP contribution in [0.15, 0.2) is 82.5 Å². The fourth-order valence-corrected chi connectivity index (χ4v) is 4.43. The first kappa shape index (κ1) is 27.6. The molecule has 39 heavy (non-hydrogen) atoms. The molecule has 1 fully saturated rings. The molecule has 0 bridgehead atoms. The molecule has 4 rings (SSSR count). The summed E-state index contributed by atoms with van der Waals surface area (Å²) in [5.74, 6) is -1.28. The maximum absolute atomic E-state index is 13.2. The van der Waals surface area contributed by atoms with E-state index < -0.39 is 46.9 Å². The number of carbonyl (C=O) groups is 3. The number of hydrogen-bond donors (Lipinski definition) is 0. The molecule has 0 spiro atoms. The number of aryl methyl sites for hydroxylation is 1. The molecule has 1 aliphatic heterocycles. The van der Waals surface area contributed by atoms with Gasteiger partial charge in [-0.25, -0.2) is 14.4 Å². The Morgan fingerprint density at radius 2 is 1.56 bits per heavy atom. The van der Waals surface area contributed by atoms with Crippen LogP contribution >= 0.6 is 0 Å². The third-order valence-corrected chi connectivity index (χ3v) is 6.40. The summed E-state index contributed by atoms with van der Waals surface area (Å²) in [5, 5.41) is 0. The Hall–Kier alpha value is -4.47. The van der Waals surface area contributed by atoms with Gasteiger partial charge in [-0.1, -0.05) is 69.3 Å². The number of benzene rings is 2. The van der Waals surface area contributed by atoms with Crippen molar-refractivity contribution in [3.63, 3.8) is 0 Å². The lowest BCUT2D eigenvalue weighted by molar-refractivity contribution is -0.147. The van der Waals surface area contributed by atoms with Crippen molar-refractivity contribution in [2.24, 2.45) is 5.41 Å². The molecule has 1 aromatic heterocycles. The van der Waals surface area contributed by atoms with Gasteiger partial charge in [-0.3, -0.25) is 14.5 Å². The highest BCUT2D eigenvalue weighted by molar-refractivity contribution is 5.95. The number of nitrogens with zero attached hydrogens (tertiary/aromatic N) is 3. The highest BCUT2D eigenvalue weighted by Crippen LogP contribution is 2.34. The van der Waals surface area contributed by atoms with Gasteiger partial charge in [-0.05, 0) is 30.5 Å². The molecule has 10 heteroatoms. The van der Waals surface area contributed by atoms with Gasteiger partial charge >= 0.3 is 17.8 Å². The van der Waals surface area contributed by atoms with Crippen LogP contribution in [-0.2, 0) is 27.4 Å². The van der Waals surface area contributed by atoms with Crippen LogP contribution in [-0.4, -0.2) is 44.3 Å². The predicted molar refractivity (Wildman–Crippen MR) is 142 cm³/mol. The molecule has 1 aliphatic rings. The zero-order valence-corrected chi connectivity index (χ0v) is 22.1. The van der Waals surface area contributed by atoms with E-state index in [-0.39, 0.29) is 31.6 Å². The molecule has 0 saturated carbocycles. The molecule has 0 unspecified atom stereocenters. The number of esters is 1. The SMILES string of the molecule is CC(C)(C)[C@@H]1OC(=O)[C@H](CCCn2ccc(=O)n(C(=O)c3ccccc3)c2=O)N1C(=O)OCc1ccccc1. The minimum Gasteiger partial charge on any atom is -0.444 e. The van der Waals surface area contributed by atoms with E-state index in [0.717, 1.165) is 11.6 Å². The van der Waals surface area contributed by atoms with Crippen LogP contribution in [0.3, 0.4) is 0 Å². The van der Waals surface area contributed by atoms with Gasteiger partial charge < -0.3 is 14.0 Å². The molecule has 2 aromatic carbocycles. The number of carbonyl (C=O) groups excluding carboxylic acids is 3. The van der Waals surface area contributed by atoms with Crippen molar-refractivity contribution in [3.8, 4) is 0 Å². The smallest absolute Gasteiger partial charge is 0.413 e. The summed E-state index contributed by atoms with van der Waals surface area (Å²) in [6, 6.07) is 17.5. The maximum Gasteiger partial charge on any atom is 0.413 e. The second-order valence-electron chi connectivity index (χ2n) is 10.4. The average Bonchev–Trinajstić information content (AvgIpc) is 3.26. The van der Waals surface area contributed by atoms with Gasteiger partial charge in [-0.2, -0.15) is 4.57 Å². The number of ether oxygens (including phenoxy) is 2. The first-order valence-electron chi connectivity index (χ1n) is 12.7. The zero-order chi connectivity index (χ0) is 28.2. The van der Waals surface area contributed by atoms with Crippen molar-refractivity contribution in [1.29, 1.82) is 0 Å². The summed E-state index contributed by atoms with van der Waals surface area (Å²) < 4.78 is 12.9. The number of cyclic esters (lactones) is 1. The third kappa shape index (κ3) is 6.17. The molecule has 10 nitrogen and oxygen atoms in total. The normalized spacial score (nSPS) is 17.1. The highest BCUT2D eigenvalue weighted by atomic mass is 16.6.